The molecule has 0 unspecified atom stereocenters. The van der Waals surface area contributed by atoms with Crippen LogP contribution in [0.3, 0.4) is 0 Å². The van der Waals surface area contributed by atoms with Crippen molar-refractivity contribution in [3.63, 3.8) is 0 Å². The Bertz CT molecular complexity index is 325. The third kappa shape index (κ3) is 2.95. The average Bonchev–Trinajstić information content (AvgIpc) is 2.02. The lowest BCUT2D eigenvalue weighted by atomic mass is 10.1. The second-order valence-corrected chi connectivity index (χ2v) is 3.15. The van der Waals surface area contributed by atoms with Crippen LogP contribution in [-0.4, -0.2) is 11.0 Å². The van der Waals surface area contributed by atoms with Crippen molar-refractivity contribution in [2.45, 2.75) is 12.8 Å². The zero-order valence-electron chi connectivity index (χ0n) is 6.96. The quantitative estimate of drug-likeness (QED) is 0.774. The van der Waals surface area contributed by atoms with E-state index in [1.54, 1.807) is 6.07 Å². The molecule has 0 aliphatic carbocycles. The summed E-state index contributed by atoms with van der Waals surface area (Å²) in [6.07, 6.45) is 0.777. The first-order valence-electron chi connectivity index (χ1n) is 3.85. The molecule has 1 rings (SSSR count). The zero-order chi connectivity index (χ0) is 9.84. The predicted octanol–water partition coefficient (Wildman–Crippen LogP) is 1.46. The van der Waals surface area contributed by atoms with E-state index in [0.717, 1.165) is 5.56 Å². The molecule has 3 nitrogen and oxygen atoms in total. The van der Waals surface area contributed by atoms with Crippen molar-refractivity contribution in [3.8, 4) is 5.75 Å². The van der Waals surface area contributed by atoms with Gasteiger partial charge in [0.05, 0.1) is 0 Å². The summed E-state index contributed by atoms with van der Waals surface area (Å²) >= 11 is 5.80. The molecular weight excluding hydrogens is 190 g/mol. The SMILES string of the molecule is NC(=O)CCc1ccc(O)cc1Cl. The van der Waals surface area contributed by atoms with E-state index < -0.39 is 0 Å². The number of hydrogen-bond acceptors (Lipinski definition) is 2. The van der Waals surface area contributed by atoms with Crippen molar-refractivity contribution in [1.82, 2.24) is 0 Å². The van der Waals surface area contributed by atoms with E-state index in [-0.39, 0.29) is 18.1 Å². The fraction of sp³-hybridized carbons (Fsp3) is 0.222. The minimum absolute atomic E-state index is 0.118. The van der Waals surface area contributed by atoms with E-state index in [1.807, 2.05) is 0 Å². The number of carbonyl (C=O) groups is 1. The van der Waals surface area contributed by atoms with E-state index in [9.17, 15) is 4.79 Å². The lowest BCUT2D eigenvalue weighted by molar-refractivity contribution is -0.117. The molecule has 0 spiro atoms. The van der Waals surface area contributed by atoms with Crippen LogP contribution in [0.25, 0.3) is 0 Å². The van der Waals surface area contributed by atoms with Gasteiger partial charge in [0.2, 0.25) is 5.91 Å². The molecule has 70 valence electrons. The molecule has 0 fully saturated rings. The van der Waals surface area contributed by atoms with Crippen LogP contribution >= 0.6 is 11.6 Å². The minimum Gasteiger partial charge on any atom is -0.508 e. The molecule has 0 saturated heterocycles. The molecule has 13 heavy (non-hydrogen) atoms. The van der Waals surface area contributed by atoms with Crippen LogP contribution in [0.15, 0.2) is 18.2 Å². The summed E-state index contributed by atoms with van der Waals surface area (Å²) in [5.41, 5.74) is 5.81. The highest BCUT2D eigenvalue weighted by molar-refractivity contribution is 6.31. The molecule has 0 radical (unpaired) electrons. The monoisotopic (exact) mass is 199 g/mol. The van der Waals surface area contributed by atoms with E-state index in [1.165, 1.54) is 12.1 Å². The van der Waals surface area contributed by atoms with Gasteiger partial charge in [-0.25, -0.2) is 0 Å². The molecule has 0 heterocycles. The summed E-state index contributed by atoms with van der Waals surface area (Å²) in [6, 6.07) is 4.65. The van der Waals surface area contributed by atoms with Gasteiger partial charge < -0.3 is 10.8 Å². The fourth-order valence-electron chi connectivity index (χ4n) is 0.997. The number of halogens is 1. The number of phenolic OH excluding ortho intramolecular Hbond substituents is 1. The second kappa shape index (κ2) is 4.14. The maximum Gasteiger partial charge on any atom is 0.217 e. The van der Waals surface area contributed by atoms with Crippen LogP contribution in [0, 0.1) is 0 Å². The maximum absolute atomic E-state index is 10.5. The number of benzene rings is 1. The van der Waals surface area contributed by atoms with E-state index in [4.69, 9.17) is 22.4 Å². The first-order chi connectivity index (χ1) is 6.09. The van der Waals surface area contributed by atoms with Gasteiger partial charge in [0.15, 0.2) is 0 Å². The fourth-order valence-corrected chi connectivity index (χ4v) is 1.27. The van der Waals surface area contributed by atoms with Gasteiger partial charge in [0.1, 0.15) is 5.75 Å². The highest BCUT2D eigenvalue weighted by Gasteiger charge is 2.02. The summed E-state index contributed by atoms with van der Waals surface area (Å²) in [5, 5.41) is 9.50. The lowest BCUT2D eigenvalue weighted by Gasteiger charge is -2.02. The molecule has 1 aromatic rings. The summed E-state index contributed by atoms with van der Waals surface area (Å²) in [5.74, 6) is -0.239. The van der Waals surface area contributed by atoms with Crippen LogP contribution in [-0.2, 0) is 11.2 Å². The van der Waals surface area contributed by atoms with Gasteiger partial charge in [-0.15, -0.1) is 0 Å². The molecule has 3 N–H and O–H groups in total. The van der Waals surface area contributed by atoms with Crippen LogP contribution in [0.5, 0.6) is 5.75 Å². The minimum atomic E-state index is -0.357. The lowest BCUT2D eigenvalue weighted by Crippen LogP contribution is -2.11. The molecule has 4 heteroatoms. The topological polar surface area (TPSA) is 63.3 Å². The molecule has 0 saturated carbocycles. The number of aryl methyl sites for hydroxylation is 1. The number of carbonyl (C=O) groups excluding carboxylic acids is 1. The van der Waals surface area contributed by atoms with Crippen LogP contribution < -0.4 is 5.73 Å². The first kappa shape index (κ1) is 9.86. The number of amides is 1. The largest absolute Gasteiger partial charge is 0.508 e. The van der Waals surface area contributed by atoms with Crippen molar-refractivity contribution in [1.29, 1.82) is 0 Å². The molecule has 0 aliphatic rings. The van der Waals surface area contributed by atoms with Crippen LogP contribution in [0.1, 0.15) is 12.0 Å². The molecule has 1 amide bonds. The molecular formula is C9H10ClNO2. The summed E-state index contributed by atoms with van der Waals surface area (Å²) in [4.78, 5) is 10.5. The Morgan fingerprint density at radius 1 is 1.54 bits per heavy atom. The predicted molar refractivity (Wildman–Crippen MR) is 50.6 cm³/mol. The van der Waals surface area contributed by atoms with E-state index in [2.05, 4.69) is 0 Å². The van der Waals surface area contributed by atoms with Crippen LogP contribution in [0.2, 0.25) is 5.02 Å². The standard InChI is InChI=1S/C9H10ClNO2/c10-8-5-7(12)3-1-6(8)2-4-9(11)13/h1,3,5,12H,2,4H2,(H2,11,13). The molecule has 0 atom stereocenters. The Kier molecular flexibility index (Phi) is 3.14. The normalized spacial score (nSPS) is 9.92. The van der Waals surface area contributed by atoms with E-state index in [0.29, 0.717) is 11.4 Å². The van der Waals surface area contributed by atoms with Gasteiger partial charge in [0, 0.05) is 11.4 Å². The van der Waals surface area contributed by atoms with Gasteiger partial charge in [-0.2, -0.15) is 0 Å². The second-order valence-electron chi connectivity index (χ2n) is 2.74. The van der Waals surface area contributed by atoms with Gasteiger partial charge in [-0.3, -0.25) is 4.79 Å². The number of rotatable bonds is 3. The van der Waals surface area contributed by atoms with E-state index >= 15 is 0 Å². The Morgan fingerprint density at radius 2 is 2.23 bits per heavy atom. The summed E-state index contributed by atoms with van der Waals surface area (Å²) in [7, 11) is 0. The molecule has 1 aromatic carbocycles. The summed E-state index contributed by atoms with van der Waals surface area (Å²) in [6.45, 7) is 0. The Balaban J connectivity index is 2.72. The van der Waals surface area contributed by atoms with Gasteiger partial charge in [0.25, 0.3) is 0 Å². The van der Waals surface area contributed by atoms with Crippen LogP contribution in [0.4, 0.5) is 0 Å². The molecule has 0 aromatic heterocycles. The Hall–Kier alpha value is -1.22. The highest BCUT2D eigenvalue weighted by atomic mass is 35.5. The highest BCUT2D eigenvalue weighted by Crippen LogP contribution is 2.22. The molecule has 0 bridgehead atoms. The Morgan fingerprint density at radius 3 is 2.77 bits per heavy atom. The number of primary amides is 1. The maximum atomic E-state index is 10.5. The third-order valence-electron chi connectivity index (χ3n) is 1.68. The number of aromatic hydroxyl groups is 1. The van der Waals surface area contributed by atoms with Crippen molar-refractivity contribution in [3.05, 3.63) is 28.8 Å². The van der Waals surface area contributed by atoms with Crippen molar-refractivity contribution in [2.75, 3.05) is 0 Å². The Labute approximate surface area is 81.1 Å². The number of hydrogen-bond donors (Lipinski definition) is 2. The smallest absolute Gasteiger partial charge is 0.217 e. The zero-order valence-corrected chi connectivity index (χ0v) is 7.71. The average molecular weight is 200 g/mol. The molecule has 0 aliphatic heterocycles. The van der Waals surface area contributed by atoms with Crippen molar-refractivity contribution >= 4 is 17.5 Å². The first-order valence-corrected chi connectivity index (χ1v) is 4.23. The number of phenols is 1. The van der Waals surface area contributed by atoms with Gasteiger partial charge in [-0.1, -0.05) is 17.7 Å². The van der Waals surface area contributed by atoms with Crippen molar-refractivity contribution < 1.29 is 9.90 Å². The van der Waals surface area contributed by atoms with Gasteiger partial charge in [-0.05, 0) is 24.1 Å². The van der Waals surface area contributed by atoms with Crippen molar-refractivity contribution in [2.24, 2.45) is 5.73 Å². The number of nitrogens with two attached hydrogens (primary N) is 1. The summed E-state index contributed by atoms with van der Waals surface area (Å²) < 4.78 is 0. The third-order valence-corrected chi connectivity index (χ3v) is 2.03. The van der Waals surface area contributed by atoms with Gasteiger partial charge >= 0.3 is 0 Å².